The fourth-order valence-corrected chi connectivity index (χ4v) is 10.6. The van der Waals surface area contributed by atoms with Gasteiger partial charge in [0.05, 0.1) is 49.6 Å². The topological polar surface area (TPSA) is 168 Å². The van der Waals surface area contributed by atoms with Crippen LogP contribution in [0.4, 0.5) is 15.3 Å². The largest absolute Gasteiger partial charge is 0.453 e. The maximum Gasteiger partial charge on any atom is 0.407 e. The zero-order valence-electron chi connectivity index (χ0n) is 37.2. The van der Waals surface area contributed by atoms with Gasteiger partial charge in [0.1, 0.15) is 17.9 Å². The van der Waals surface area contributed by atoms with Crippen molar-refractivity contribution in [1.29, 1.82) is 0 Å². The number of aromatic nitrogens is 2. The summed E-state index contributed by atoms with van der Waals surface area (Å²) in [5.74, 6) is 0.838. The second-order valence-corrected chi connectivity index (χ2v) is 18.3. The monoisotopic (exact) mass is 875 g/mol. The number of ether oxygens (including phenoxy) is 3. The number of nitrogens with one attached hydrogen (secondary N) is 3. The first kappa shape index (κ1) is 42.2. The van der Waals surface area contributed by atoms with Gasteiger partial charge in [0.25, 0.3) is 5.91 Å². The molecule has 4 aliphatic rings. The Hall–Kier alpha value is -6.80. The van der Waals surface area contributed by atoms with Crippen LogP contribution in [0.5, 0.6) is 0 Å². The minimum atomic E-state index is -0.882. The number of likely N-dealkylation sites (tertiary alicyclic amines) is 2. The van der Waals surface area contributed by atoms with E-state index >= 15 is 0 Å². The number of amides is 4. The van der Waals surface area contributed by atoms with Gasteiger partial charge < -0.3 is 39.6 Å². The summed E-state index contributed by atoms with van der Waals surface area (Å²) in [6.07, 6.45) is 1.81. The van der Waals surface area contributed by atoms with E-state index in [2.05, 4.69) is 76.3 Å². The maximum absolute atomic E-state index is 14.3. The Morgan fingerprint density at radius 1 is 0.785 bits per heavy atom. The van der Waals surface area contributed by atoms with E-state index in [1.54, 1.807) is 7.11 Å². The lowest BCUT2D eigenvalue weighted by molar-refractivity contribution is -0.136. The highest BCUT2D eigenvalue weighted by molar-refractivity contribution is 6.08. The van der Waals surface area contributed by atoms with E-state index in [-0.39, 0.29) is 41.8 Å². The third kappa shape index (κ3) is 7.73. The Kier molecular flexibility index (Phi) is 11.0. The fraction of sp³-hybridized carbons (Fsp3) is 0.373. The number of fused-ring (bicyclic) bond motifs is 7. The molecule has 14 heteroatoms. The number of hydrogen-bond acceptors (Lipinski definition) is 9. The van der Waals surface area contributed by atoms with Crippen LogP contribution in [0.2, 0.25) is 0 Å². The number of benzene rings is 5. The molecule has 5 aromatic carbocycles. The summed E-state index contributed by atoms with van der Waals surface area (Å²) >= 11 is 0. The lowest BCUT2D eigenvalue weighted by atomic mass is 9.94. The van der Waals surface area contributed by atoms with Crippen molar-refractivity contribution in [2.24, 2.45) is 22.7 Å². The van der Waals surface area contributed by atoms with Gasteiger partial charge in [0, 0.05) is 43.1 Å². The molecule has 0 bridgehead atoms. The standard InChI is InChI=1S/C51H53N7O7/c1-27(2)44(55-50(61)64-4)48(59)57-25-28(26-63-3)19-42(57)40-24-37-35-15-11-30(20-32(35)13-17-38(37)52-40)31-12-16-36-33(21-31)14-18-39-46(36)54-47(53-39)43-23-34-22-41(34)58(43)49(60)45(56-51(62)65-5)29-9-7-6-8-10-29/h6-18,20-21,27-28,34,41-45H,19,22-26H2,1-5H3,(H,53,54)(H,55,61)(H,56,62)/t28-,34+,41+,42-,43-,44-,45+/m0/s1. The third-order valence-corrected chi connectivity index (χ3v) is 13.9. The number of rotatable bonds is 11. The molecule has 3 N–H and O–H groups in total. The summed E-state index contributed by atoms with van der Waals surface area (Å²) in [7, 11) is 4.28. The van der Waals surface area contributed by atoms with E-state index in [4.69, 9.17) is 24.2 Å². The van der Waals surface area contributed by atoms with Gasteiger partial charge >= 0.3 is 12.2 Å². The van der Waals surface area contributed by atoms with Crippen LogP contribution >= 0.6 is 0 Å². The number of aliphatic imine (C=N–C) groups is 1. The van der Waals surface area contributed by atoms with Gasteiger partial charge in [-0.15, -0.1) is 0 Å². The summed E-state index contributed by atoms with van der Waals surface area (Å²) in [6, 6.07) is 28.7. The van der Waals surface area contributed by atoms with E-state index in [9.17, 15) is 19.2 Å². The van der Waals surface area contributed by atoms with Crippen LogP contribution in [0, 0.1) is 17.8 Å². The number of carbonyl (C=O) groups is 4. The molecule has 3 fully saturated rings. The van der Waals surface area contributed by atoms with Crippen molar-refractivity contribution in [3.05, 3.63) is 108 Å². The number of aromatic amines is 1. The van der Waals surface area contributed by atoms with Gasteiger partial charge in [0.15, 0.2) is 0 Å². The summed E-state index contributed by atoms with van der Waals surface area (Å²) < 4.78 is 15.3. The summed E-state index contributed by atoms with van der Waals surface area (Å²) in [5, 5.41) is 9.84. The molecule has 1 saturated carbocycles. The predicted molar refractivity (Wildman–Crippen MR) is 248 cm³/mol. The van der Waals surface area contributed by atoms with Crippen LogP contribution in [0.25, 0.3) is 43.7 Å². The average molecular weight is 876 g/mol. The Bertz CT molecular complexity index is 2890. The van der Waals surface area contributed by atoms with Gasteiger partial charge in [-0.1, -0.05) is 80.6 Å². The molecule has 10 rings (SSSR count). The highest BCUT2D eigenvalue weighted by Crippen LogP contribution is 2.54. The molecule has 1 aliphatic carbocycles. The van der Waals surface area contributed by atoms with Crippen molar-refractivity contribution >= 4 is 68.0 Å². The zero-order valence-corrected chi connectivity index (χ0v) is 37.2. The van der Waals surface area contributed by atoms with Crippen LogP contribution in [0.15, 0.2) is 96.0 Å². The minimum absolute atomic E-state index is 0.103. The number of hydrogen-bond donors (Lipinski definition) is 3. The Morgan fingerprint density at radius 2 is 1.49 bits per heavy atom. The molecule has 65 heavy (non-hydrogen) atoms. The molecule has 0 unspecified atom stereocenters. The zero-order chi connectivity index (χ0) is 45.1. The van der Waals surface area contributed by atoms with Gasteiger partial charge in [-0.2, -0.15) is 0 Å². The number of imidazole rings is 1. The highest BCUT2D eigenvalue weighted by Gasteiger charge is 2.56. The second-order valence-electron chi connectivity index (χ2n) is 18.3. The molecular weight excluding hydrogens is 823 g/mol. The molecule has 4 amide bonds. The first-order valence-electron chi connectivity index (χ1n) is 22.4. The van der Waals surface area contributed by atoms with E-state index in [0.29, 0.717) is 31.1 Å². The molecule has 4 heterocycles. The van der Waals surface area contributed by atoms with Crippen molar-refractivity contribution in [1.82, 2.24) is 30.4 Å². The third-order valence-electron chi connectivity index (χ3n) is 13.9. The van der Waals surface area contributed by atoms with Crippen LogP contribution in [0.1, 0.15) is 62.1 Å². The minimum Gasteiger partial charge on any atom is -0.453 e. The number of H-pyrrole nitrogens is 1. The van der Waals surface area contributed by atoms with Gasteiger partial charge in [0.2, 0.25) is 5.91 Å². The number of methoxy groups -OCH3 is 3. The van der Waals surface area contributed by atoms with Crippen molar-refractivity contribution < 1.29 is 33.4 Å². The molecule has 0 radical (unpaired) electrons. The summed E-state index contributed by atoms with van der Waals surface area (Å²) in [4.78, 5) is 70.7. The number of nitrogens with zero attached hydrogens (tertiary/aromatic N) is 4. The Morgan fingerprint density at radius 3 is 2.22 bits per heavy atom. The first-order valence-corrected chi connectivity index (χ1v) is 22.4. The first-order chi connectivity index (χ1) is 31.5. The number of alkyl carbamates (subject to hydrolysis) is 2. The molecule has 334 valence electrons. The quantitative estimate of drug-likeness (QED) is 0.117. The lowest BCUT2D eigenvalue weighted by Crippen LogP contribution is -2.53. The van der Waals surface area contributed by atoms with E-state index in [0.717, 1.165) is 85.8 Å². The molecular formula is C51H53N7O7. The Labute approximate surface area is 376 Å². The van der Waals surface area contributed by atoms with Crippen molar-refractivity contribution in [2.45, 2.75) is 69.7 Å². The predicted octanol–water partition coefficient (Wildman–Crippen LogP) is 8.17. The van der Waals surface area contributed by atoms with Crippen molar-refractivity contribution in [3.63, 3.8) is 0 Å². The molecule has 0 spiro atoms. The summed E-state index contributed by atoms with van der Waals surface area (Å²) in [5.41, 5.74) is 7.62. The Balaban J connectivity index is 0.895. The smallest absolute Gasteiger partial charge is 0.407 e. The molecule has 14 nitrogen and oxygen atoms in total. The van der Waals surface area contributed by atoms with Gasteiger partial charge in [-0.3, -0.25) is 14.6 Å². The van der Waals surface area contributed by atoms with Crippen molar-refractivity contribution in [3.8, 4) is 11.1 Å². The summed E-state index contributed by atoms with van der Waals surface area (Å²) in [6.45, 7) is 4.89. The molecule has 3 aliphatic heterocycles. The van der Waals surface area contributed by atoms with Gasteiger partial charge in [-0.25, -0.2) is 14.6 Å². The molecule has 6 aromatic rings. The normalized spacial score (nSPS) is 21.9. The lowest BCUT2D eigenvalue weighted by Gasteiger charge is -2.31. The maximum atomic E-state index is 14.3. The fourth-order valence-electron chi connectivity index (χ4n) is 10.6. The van der Waals surface area contributed by atoms with E-state index in [1.807, 2.05) is 54.0 Å². The number of carbonyl (C=O) groups excluding carboxylic acids is 4. The van der Waals surface area contributed by atoms with Crippen molar-refractivity contribution in [2.75, 3.05) is 34.5 Å². The van der Waals surface area contributed by atoms with Crippen LogP contribution < -0.4 is 10.6 Å². The highest BCUT2D eigenvalue weighted by atomic mass is 16.5. The second kappa shape index (κ2) is 17.0. The van der Waals surface area contributed by atoms with Crippen LogP contribution in [0.3, 0.4) is 0 Å². The van der Waals surface area contributed by atoms with Crippen LogP contribution in [-0.4, -0.2) is 102 Å². The average Bonchev–Trinajstić information content (AvgIpc) is 3.75. The number of piperidine rings is 1. The molecule has 7 atom stereocenters. The van der Waals surface area contributed by atoms with E-state index in [1.165, 1.54) is 14.2 Å². The van der Waals surface area contributed by atoms with E-state index < -0.39 is 24.3 Å². The SMILES string of the molecule is COC[C@H]1C[C@@H](C2=Nc3ccc4cc(-c5ccc6c(ccc7[nH]c([C@@H]8C[C@H]9C[C@H]9N8C(=O)[C@H](NC(=O)OC)c8ccccc8)nc76)c5)ccc4c3C2)N(C(=O)[C@@H](NC(=O)OC)C(C)C)C1. The molecule has 1 aromatic heterocycles. The molecule has 2 saturated heterocycles. The van der Waals surface area contributed by atoms with Crippen LogP contribution in [-0.2, 0) is 30.2 Å². The van der Waals surface area contributed by atoms with Gasteiger partial charge in [-0.05, 0) is 93.8 Å².